The Morgan fingerprint density at radius 3 is 2.25 bits per heavy atom. The molecule has 32 heavy (non-hydrogen) atoms. The van der Waals surface area contributed by atoms with Crippen LogP contribution in [0.3, 0.4) is 0 Å². The van der Waals surface area contributed by atoms with E-state index in [1.165, 1.54) is 0 Å². The van der Waals surface area contributed by atoms with Crippen molar-refractivity contribution in [3.8, 4) is 11.5 Å². The van der Waals surface area contributed by atoms with E-state index in [-0.39, 0.29) is 6.54 Å². The third kappa shape index (κ3) is 3.34. The maximum atomic E-state index is 12.8. The van der Waals surface area contributed by atoms with Crippen LogP contribution in [0.25, 0.3) is 10.8 Å². The fraction of sp³-hybridized carbons (Fsp3) is 0.208. The number of imide groups is 1. The lowest BCUT2D eigenvalue weighted by Gasteiger charge is -2.38. The van der Waals surface area contributed by atoms with E-state index in [0.717, 1.165) is 10.8 Å². The molecule has 4 N–H and O–H groups in total. The van der Waals surface area contributed by atoms with E-state index in [1.807, 2.05) is 42.5 Å². The van der Waals surface area contributed by atoms with Gasteiger partial charge in [0.25, 0.3) is 0 Å². The Labute approximate surface area is 184 Å². The number of carboxylic acid groups (broad SMARTS) is 1. The smallest absolute Gasteiger partial charge is 0.427 e. The topological polar surface area (TPSA) is 119 Å². The number of hydrogen-bond acceptors (Lipinski definition) is 4. The Morgan fingerprint density at radius 1 is 1.03 bits per heavy atom. The lowest BCUT2D eigenvalue weighted by molar-refractivity contribution is -0.824. The molecular weight excluding hydrogens is 410 g/mol. The average Bonchev–Trinajstić information content (AvgIpc) is 2.96. The molecule has 1 aliphatic heterocycles. The predicted molar refractivity (Wildman–Crippen MR) is 118 cm³/mol. The highest BCUT2D eigenvalue weighted by atomic mass is 16.5. The zero-order valence-electron chi connectivity index (χ0n) is 17.7. The van der Waals surface area contributed by atoms with E-state index in [2.05, 4.69) is 5.32 Å². The van der Waals surface area contributed by atoms with Gasteiger partial charge >= 0.3 is 18.0 Å². The molecule has 1 fully saturated rings. The van der Waals surface area contributed by atoms with Crippen LogP contribution in [0, 0.1) is 0 Å². The number of aliphatic carboxylic acids is 1. The summed E-state index contributed by atoms with van der Waals surface area (Å²) in [6, 6.07) is 17.8. The highest BCUT2D eigenvalue weighted by Crippen LogP contribution is 2.37. The van der Waals surface area contributed by atoms with Crippen LogP contribution in [0.4, 0.5) is 9.59 Å². The second kappa shape index (κ2) is 7.65. The Hall–Kier alpha value is -3.91. The number of urea groups is 2. The number of carbonyl (C=O) groups excluding carboxylic acids is 2. The molecule has 0 aromatic heterocycles. The summed E-state index contributed by atoms with van der Waals surface area (Å²) in [6.07, 6.45) is 0. The van der Waals surface area contributed by atoms with Crippen molar-refractivity contribution >= 4 is 28.8 Å². The van der Waals surface area contributed by atoms with Crippen molar-refractivity contribution in [3.05, 3.63) is 72.3 Å². The summed E-state index contributed by atoms with van der Waals surface area (Å²) in [4.78, 5) is 36.8. The Morgan fingerprint density at radius 2 is 1.66 bits per heavy atom. The Balaban J connectivity index is 1.58. The molecule has 3 aromatic carbocycles. The maximum absolute atomic E-state index is 12.8. The van der Waals surface area contributed by atoms with Gasteiger partial charge in [0.05, 0.1) is 0 Å². The molecule has 0 bridgehead atoms. The molecule has 164 valence electrons. The second-order valence-electron chi connectivity index (χ2n) is 8.44. The second-order valence-corrected chi connectivity index (χ2v) is 8.44. The first-order valence-electron chi connectivity index (χ1n) is 10.1. The number of benzene rings is 3. The summed E-state index contributed by atoms with van der Waals surface area (Å²) < 4.78 is 5.10. The van der Waals surface area contributed by atoms with Gasteiger partial charge < -0.3 is 15.6 Å². The monoisotopic (exact) mass is 434 g/mol. The highest BCUT2D eigenvalue weighted by Gasteiger charge is 2.67. The largest absolute Gasteiger partial charge is 0.480 e. The molecule has 0 aliphatic carbocycles. The molecular formula is C24H24N3O5+. The van der Waals surface area contributed by atoms with E-state index in [9.17, 15) is 19.5 Å². The number of amides is 4. The minimum absolute atomic E-state index is 0.0752. The van der Waals surface area contributed by atoms with E-state index in [1.54, 1.807) is 38.1 Å². The third-order valence-electron chi connectivity index (χ3n) is 6.23. The molecule has 4 rings (SSSR count). The first-order valence-corrected chi connectivity index (χ1v) is 10.1. The number of carbonyl (C=O) groups is 3. The third-order valence-corrected chi connectivity index (χ3v) is 6.23. The van der Waals surface area contributed by atoms with Gasteiger partial charge in [-0.3, -0.25) is 5.32 Å². The summed E-state index contributed by atoms with van der Waals surface area (Å²) in [5.74, 6) is 0.0494. The Kier molecular flexibility index (Phi) is 5.10. The molecule has 2 atom stereocenters. The minimum atomic E-state index is -1.28. The number of primary amides is 1. The van der Waals surface area contributed by atoms with E-state index >= 15 is 0 Å². The summed E-state index contributed by atoms with van der Waals surface area (Å²) in [6.45, 7) is 3.02. The number of fused-ring (bicyclic) bond motifs is 1. The van der Waals surface area contributed by atoms with Crippen LogP contribution < -0.4 is 15.8 Å². The van der Waals surface area contributed by atoms with Crippen LogP contribution in [0.1, 0.15) is 19.4 Å². The van der Waals surface area contributed by atoms with Crippen LogP contribution in [-0.4, -0.2) is 39.2 Å². The van der Waals surface area contributed by atoms with Crippen LogP contribution >= 0.6 is 0 Å². The number of rotatable bonds is 5. The summed E-state index contributed by atoms with van der Waals surface area (Å²) in [7, 11) is 0. The van der Waals surface area contributed by atoms with Gasteiger partial charge in [0, 0.05) is 5.56 Å². The van der Waals surface area contributed by atoms with Crippen molar-refractivity contribution in [2.75, 3.05) is 0 Å². The van der Waals surface area contributed by atoms with Gasteiger partial charge in [-0.15, -0.1) is 4.48 Å². The maximum Gasteiger partial charge on any atom is 0.427 e. The molecule has 4 amide bonds. The number of ether oxygens (including phenoxy) is 1. The fourth-order valence-electron chi connectivity index (χ4n) is 4.30. The first kappa shape index (κ1) is 21.3. The SMILES string of the molecule is CC1(C)[C@H](C(=O)O)NC(=O)[N+]1(Cc1ccc(Oc2ccc3ccccc3c2)cc1)C(N)=O. The van der Waals surface area contributed by atoms with Gasteiger partial charge in [0.1, 0.15) is 23.6 Å². The van der Waals surface area contributed by atoms with Gasteiger partial charge in [0.2, 0.25) is 0 Å². The van der Waals surface area contributed by atoms with Gasteiger partial charge in [-0.2, -0.15) is 0 Å². The van der Waals surface area contributed by atoms with Gasteiger partial charge in [-0.05, 0) is 61.0 Å². The van der Waals surface area contributed by atoms with Gasteiger partial charge in [-0.1, -0.05) is 30.3 Å². The summed E-state index contributed by atoms with van der Waals surface area (Å²) >= 11 is 0. The molecule has 0 spiro atoms. The lowest BCUT2D eigenvalue weighted by atomic mass is 9.91. The summed E-state index contributed by atoms with van der Waals surface area (Å²) in [5, 5.41) is 14.1. The van der Waals surface area contributed by atoms with Crippen LogP contribution in [-0.2, 0) is 11.3 Å². The van der Waals surface area contributed by atoms with Crippen molar-refractivity contribution in [1.29, 1.82) is 0 Å². The van der Waals surface area contributed by atoms with Crippen LogP contribution in [0.2, 0.25) is 0 Å². The molecule has 1 saturated heterocycles. The summed E-state index contributed by atoms with van der Waals surface area (Å²) in [5.41, 5.74) is 5.00. The molecule has 0 saturated carbocycles. The number of nitrogens with two attached hydrogens (primary N) is 1. The van der Waals surface area contributed by atoms with Crippen molar-refractivity contribution in [2.24, 2.45) is 5.73 Å². The van der Waals surface area contributed by atoms with Crippen molar-refractivity contribution < 1.29 is 28.7 Å². The zero-order valence-corrected chi connectivity index (χ0v) is 17.7. The number of hydrogen-bond donors (Lipinski definition) is 3. The molecule has 8 heteroatoms. The molecule has 8 nitrogen and oxygen atoms in total. The van der Waals surface area contributed by atoms with Gasteiger partial charge in [-0.25, -0.2) is 14.4 Å². The van der Waals surface area contributed by atoms with Crippen molar-refractivity contribution in [2.45, 2.75) is 32.0 Å². The van der Waals surface area contributed by atoms with Crippen LogP contribution in [0.5, 0.6) is 11.5 Å². The van der Waals surface area contributed by atoms with Crippen LogP contribution in [0.15, 0.2) is 66.7 Å². The quantitative estimate of drug-likeness (QED) is 0.525. The molecule has 0 radical (unpaired) electrons. The van der Waals surface area contributed by atoms with E-state index in [4.69, 9.17) is 10.5 Å². The first-order chi connectivity index (χ1) is 15.1. The normalized spacial score (nSPS) is 21.8. The molecule has 1 unspecified atom stereocenters. The number of nitrogens with one attached hydrogen (secondary N) is 1. The predicted octanol–water partition coefficient (Wildman–Crippen LogP) is 3.98. The van der Waals surface area contributed by atoms with Gasteiger partial charge in [0.15, 0.2) is 6.04 Å². The number of quaternary nitrogens is 1. The Bertz CT molecular complexity index is 1220. The lowest BCUT2D eigenvalue weighted by Crippen LogP contribution is -2.67. The number of carboxylic acids is 1. The van der Waals surface area contributed by atoms with Crippen molar-refractivity contribution in [1.82, 2.24) is 5.32 Å². The standard InChI is InChI=1S/C24H23N3O5/c1-24(2)20(21(28)29)26-23(31)27(24,22(25)30)14-15-7-10-18(11-8-15)32-19-12-9-16-5-3-4-6-17(16)13-19/h3-13,20H,14H2,1-2H3,(H3-,25,26,28,29,30,31)/p+1/t20-,27?/m0/s1. The highest BCUT2D eigenvalue weighted by molar-refractivity contribution is 5.90. The van der Waals surface area contributed by atoms with E-state index in [0.29, 0.717) is 17.1 Å². The minimum Gasteiger partial charge on any atom is -0.480 e. The fourth-order valence-corrected chi connectivity index (χ4v) is 4.30. The molecule has 1 heterocycles. The van der Waals surface area contributed by atoms with Crippen molar-refractivity contribution in [3.63, 3.8) is 0 Å². The van der Waals surface area contributed by atoms with E-state index < -0.39 is 34.1 Å². The molecule has 1 aliphatic rings. The zero-order chi connectivity index (χ0) is 23.1. The average molecular weight is 434 g/mol. The number of nitrogens with zero attached hydrogens (tertiary/aromatic N) is 1. The molecule has 3 aromatic rings.